The standard InChI is InChI=1S/C8H14N2S/c1-7-8(2)11-6-5-10(7)4-3-9/h7-8H,4-6H2,1-2H3. The molecule has 1 aliphatic rings. The maximum atomic E-state index is 8.52. The first kappa shape index (κ1) is 8.89. The van der Waals surface area contributed by atoms with Crippen LogP contribution >= 0.6 is 11.8 Å². The second kappa shape index (κ2) is 3.99. The number of nitrogens with zero attached hydrogens (tertiary/aromatic N) is 2. The second-order valence-corrected chi connectivity index (χ2v) is 4.43. The zero-order valence-corrected chi connectivity index (χ0v) is 7.90. The Morgan fingerprint density at radius 3 is 3.00 bits per heavy atom. The van der Waals surface area contributed by atoms with Gasteiger partial charge in [-0.2, -0.15) is 17.0 Å². The number of rotatable bonds is 1. The van der Waals surface area contributed by atoms with Crippen LogP contribution in [0.4, 0.5) is 0 Å². The van der Waals surface area contributed by atoms with Gasteiger partial charge in [0.25, 0.3) is 0 Å². The predicted octanol–water partition coefficient (Wildman–Crippen LogP) is 1.34. The highest BCUT2D eigenvalue weighted by atomic mass is 32.2. The average molecular weight is 170 g/mol. The number of hydrogen-bond donors (Lipinski definition) is 0. The van der Waals surface area contributed by atoms with Gasteiger partial charge < -0.3 is 0 Å². The molecule has 1 saturated heterocycles. The van der Waals surface area contributed by atoms with Crippen molar-refractivity contribution in [3.63, 3.8) is 0 Å². The van der Waals surface area contributed by atoms with E-state index in [1.165, 1.54) is 5.75 Å². The molecule has 11 heavy (non-hydrogen) atoms. The SMILES string of the molecule is CC1SCCN(CC#N)C1C. The molecule has 2 nitrogen and oxygen atoms in total. The summed E-state index contributed by atoms with van der Waals surface area (Å²) in [4.78, 5) is 2.25. The van der Waals surface area contributed by atoms with Gasteiger partial charge in [0.15, 0.2) is 0 Å². The number of thioether (sulfide) groups is 1. The monoisotopic (exact) mass is 170 g/mol. The van der Waals surface area contributed by atoms with Crippen molar-refractivity contribution in [2.75, 3.05) is 18.8 Å². The molecule has 1 fully saturated rings. The molecule has 0 saturated carbocycles. The van der Waals surface area contributed by atoms with E-state index in [1.807, 2.05) is 11.8 Å². The summed E-state index contributed by atoms with van der Waals surface area (Å²) < 4.78 is 0. The summed E-state index contributed by atoms with van der Waals surface area (Å²) in [5.41, 5.74) is 0. The minimum atomic E-state index is 0.563. The van der Waals surface area contributed by atoms with Crippen LogP contribution in [0.15, 0.2) is 0 Å². The molecule has 2 unspecified atom stereocenters. The Bertz CT molecular complexity index is 164. The Labute approximate surface area is 72.6 Å². The van der Waals surface area contributed by atoms with Crippen molar-refractivity contribution in [1.29, 1.82) is 5.26 Å². The average Bonchev–Trinajstić information content (AvgIpc) is 1.99. The Balaban J connectivity index is 2.45. The lowest BCUT2D eigenvalue weighted by Crippen LogP contribution is -2.44. The van der Waals surface area contributed by atoms with Gasteiger partial charge in [-0.15, -0.1) is 0 Å². The minimum absolute atomic E-state index is 0.563. The smallest absolute Gasteiger partial charge is 0.0868 e. The number of hydrogen-bond acceptors (Lipinski definition) is 3. The molecular weight excluding hydrogens is 156 g/mol. The van der Waals surface area contributed by atoms with Gasteiger partial charge in [-0.25, -0.2) is 0 Å². The van der Waals surface area contributed by atoms with Crippen LogP contribution in [-0.4, -0.2) is 35.0 Å². The van der Waals surface area contributed by atoms with Crippen molar-refractivity contribution < 1.29 is 0 Å². The fourth-order valence-electron chi connectivity index (χ4n) is 1.31. The van der Waals surface area contributed by atoms with Gasteiger partial charge in [0.1, 0.15) is 0 Å². The van der Waals surface area contributed by atoms with E-state index in [1.54, 1.807) is 0 Å². The van der Waals surface area contributed by atoms with Crippen LogP contribution in [0.25, 0.3) is 0 Å². The van der Waals surface area contributed by atoms with Crippen LogP contribution in [0.1, 0.15) is 13.8 Å². The first-order chi connectivity index (χ1) is 5.25. The van der Waals surface area contributed by atoms with E-state index < -0.39 is 0 Å². The topological polar surface area (TPSA) is 27.0 Å². The molecule has 3 heteroatoms. The van der Waals surface area contributed by atoms with Gasteiger partial charge in [-0.3, -0.25) is 4.90 Å². The Kier molecular flexibility index (Phi) is 3.22. The van der Waals surface area contributed by atoms with E-state index in [2.05, 4.69) is 24.8 Å². The zero-order valence-electron chi connectivity index (χ0n) is 7.08. The molecule has 0 spiro atoms. The molecule has 1 rings (SSSR count). The molecule has 0 aromatic heterocycles. The summed E-state index contributed by atoms with van der Waals surface area (Å²) in [6.07, 6.45) is 0. The van der Waals surface area contributed by atoms with Crippen LogP contribution in [-0.2, 0) is 0 Å². The highest BCUT2D eigenvalue weighted by Crippen LogP contribution is 2.23. The summed E-state index contributed by atoms with van der Waals surface area (Å²) >= 11 is 2.00. The van der Waals surface area contributed by atoms with Crippen molar-refractivity contribution in [2.24, 2.45) is 0 Å². The predicted molar refractivity (Wildman–Crippen MR) is 48.6 cm³/mol. The molecule has 0 aromatic rings. The molecule has 0 bridgehead atoms. The lowest BCUT2D eigenvalue weighted by molar-refractivity contribution is 0.239. The van der Waals surface area contributed by atoms with Crippen LogP contribution in [0.3, 0.4) is 0 Å². The molecule has 0 amide bonds. The molecule has 1 heterocycles. The van der Waals surface area contributed by atoms with Gasteiger partial charge in [0.05, 0.1) is 12.6 Å². The maximum Gasteiger partial charge on any atom is 0.0868 e. The van der Waals surface area contributed by atoms with Crippen molar-refractivity contribution in [3.8, 4) is 6.07 Å². The summed E-state index contributed by atoms with van der Waals surface area (Å²) in [7, 11) is 0. The maximum absolute atomic E-state index is 8.52. The molecule has 62 valence electrons. The van der Waals surface area contributed by atoms with Gasteiger partial charge in [-0.1, -0.05) is 6.92 Å². The molecule has 0 radical (unpaired) electrons. The largest absolute Gasteiger partial charge is 0.286 e. The Hall–Kier alpha value is -0.200. The molecule has 2 atom stereocenters. The summed E-state index contributed by atoms with van der Waals surface area (Å²) in [5, 5.41) is 9.20. The van der Waals surface area contributed by atoms with Crippen molar-refractivity contribution in [1.82, 2.24) is 4.90 Å². The molecule has 0 N–H and O–H groups in total. The molecule has 0 aromatic carbocycles. The van der Waals surface area contributed by atoms with Crippen LogP contribution in [0.2, 0.25) is 0 Å². The number of nitriles is 1. The highest BCUT2D eigenvalue weighted by Gasteiger charge is 2.24. The summed E-state index contributed by atoms with van der Waals surface area (Å²) in [5.74, 6) is 1.17. The zero-order chi connectivity index (χ0) is 8.27. The van der Waals surface area contributed by atoms with E-state index in [0.29, 0.717) is 17.8 Å². The summed E-state index contributed by atoms with van der Waals surface area (Å²) in [6, 6.07) is 2.77. The molecule has 1 aliphatic heterocycles. The first-order valence-corrected chi connectivity index (χ1v) is 5.03. The normalized spacial score (nSPS) is 33.2. The van der Waals surface area contributed by atoms with Gasteiger partial charge in [-0.05, 0) is 6.92 Å². The van der Waals surface area contributed by atoms with E-state index in [4.69, 9.17) is 5.26 Å². The fourth-order valence-corrected chi connectivity index (χ4v) is 2.47. The van der Waals surface area contributed by atoms with Crippen molar-refractivity contribution in [3.05, 3.63) is 0 Å². The third-order valence-corrected chi connectivity index (χ3v) is 3.63. The van der Waals surface area contributed by atoms with E-state index in [-0.39, 0.29) is 0 Å². The summed E-state index contributed by atoms with van der Waals surface area (Å²) in [6.45, 7) is 6.10. The lowest BCUT2D eigenvalue weighted by atomic mass is 10.2. The van der Waals surface area contributed by atoms with Crippen LogP contribution < -0.4 is 0 Å². The third kappa shape index (κ3) is 2.11. The second-order valence-electron chi connectivity index (χ2n) is 2.95. The Morgan fingerprint density at radius 1 is 1.64 bits per heavy atom. The molecule has 0 aliphatic carbocycles. The van der Waals surface area contributed by atoms with E-state index in [9.17, 15) is 0 Å². The van der Waals surface area contributed by atoms with Gasteiger partial charge in [0, 0.05) is 23.6 Å². The van der Waals surface area contributed by atoms with Gasteiger partial charge in [0.2, 0.25) is 0 Å². The van der Waals surface area contributed by atoms with Gasteiger partial charge >= 0.3 is 0 Å². The van der Waals surface area contributed by atoms with Crippen molar-refractivity contribution in [2.45, 2.75) is 25.1 Å². The van der Waals surface area contributed by atoms with E-state index in [0.717, 1.165) is 6.54 Å². The van der Waals surface area contributed by atoms with Crippen molar-refractivity contribution >= 4 is 11.8 Å². The Morgan fingerprint density at radius 2 is 2.36 bits per heavy atom. The third-order valence-electron chi connectivity index (χ3n) is 2.29. The highest BCUT2D eigenvalue weighted by molar-refractivity contribution is 8.00. The first-order valence-electron chi connectivity index (χ1n) is 3.98. The quantitative estimate of drug-likeness (QED) is 0.556. The van der Waals surface area contributed by atoms with E-state index >= 15 is 0 Å². The van der Waals surface area contributed by atoms with Crippen LogP contribution in [0.5, 0.6) is 0 Å². The van der Waals surface area contributed by atoms with Crippen LogP contribution in [0, 0.1) is 11.3 Å². The minimum Gasteiger partial charge on any atom is -0.286 e. The lowest BCUT2D eigenvalue weighted by Gasteiger charge is -2.35. The fraction of sp³-hybridized carbons (Fsp3) is 0.875. The molecular formula is C8H14N2S.